The van der Waals surface area contributed by atoms with Crippen LogP contribution >= 0.6 is 0 Å². The summed E-state index contributed by atoms with van der Waals surface area (Å²) in [5, 5.41) is 3.41. The molecule has 0 aromatic heterocycles. The SMILES string of the molecule is C1=NC[C@@H]([C@H]2[C@@H]3CCc4ccccc4[C@@H]32)N1. The van der Waals surface area contributed by atoms with E-state index >= 15 is 0 Å². The summed E-state index contributed by atoms with van der Waals surface area (Å²) in [7, 11) is 0. The number of fused-ring (bicyclic) bond motifs is 3. The lowest BCUT2D eigenvalue weighted by molar-refractivity contribution is 0.527. The second-order valence-electron chi connectivity index (χ2n) is 5.27. The van der Waals surface area contributed by atoms with Crippen LogP contribution in [-0.2, 0) is 6.42 Å². The van der Waals surface area contributed by atoms with E-state index < -0.39 is 0 Å². The fourth-order valence-electron chi connectivity index (χ4n) is 3.77. The number of hydrogen-bond donors (Lipinski definition) is 1. The molecule has 1 saturated carbocycles. The van der Waals surface area contributed by atoms with Crippen molar-refractivity contribution in [2.75, 3.05) is 6.54 Å². The van der Waals surface area contributed by atoms with Crippen molar-refractivity contribution in [2.24, 2.45) is 16.8 Å². The van der Waals surface area contributed by atoms with Crippen molar-refractivity contribution in [2.45, 2.75) is 24.8 Å². The van der Waals surface area contributed by atoms with Gasteiger partial charge in [-0.1, -0.05) is 24.3 Å². The van der Waals surface area contributed by atoms with Crippen LogP contribution in [0.2, 0.25) is 0 Å². The van der Waals surface area contributed by atoms with E-state index in [-0.39, 0.29) is 0 Å². The fraction of sp³-hybridized carbons (Fsp3) is 0.500. The Hall–Kier alpha value is -1.31. The predicted octanol–water partition coefficient (Wildman–Crippen LogP) is 1.96. The quantitative estimate of drug-likeness (QED) is 0.756. The van der Waals surface area contributed by atoms with Crippen LogP contribution in [0, 0.1) is 11.8 Å². The zero-order valence-corrected chi connectivity index (χ0v) is 9.26. The van der Waals surface area contributed by atoms with Crippen LogP contribution in [0.3, 0.4) is 0 Å². The van der Waals surface area contributed by atoms with Gasteiger partial charge in [0.1, 0.15) is 0 Å². The molecule has 2 nitrogen and oxygen atoms in total. The Labute approximate surface area is 95.8 Å². The Morgan fingerprint density at radius 3 is 3.06 bits per heavy atom. The number of nitrogens with zero attached hydrogens (tertiary/aromatic N) is 1. The molecule has 16 heavy (non-hydrogen) atoms. The summed E-state index contributed by atoms with van der Waals surface area (Å²) in [6.45, 7) is 0.986. The Morgan fingerprint density at radius 2 is 2.19 bits per heavy atom. The van der Waals surface area contributed by atoms with E-state index in [0.717, 1.165) is 24.3 Å². The van der Waals surface area contributed by atoms with E-state index in [9.17, 15) is 0 Å². The third kappa shape index (κ3) is 1.10. The van der Waals surface area contributed by atoms with Crippen LogP contribution in [0.5, 0.6) is 0 Å². The molecule has 1 aliphatic heterocycles. The molecule has 82 valence electrons. The molecule has 0 saturated heterocycles. The maximum Gasteiger partial charge on any atom is 0.0827 e. The second kappa shape index (κ2) is 3.09. The molecular formula is C14H16N2. The van der Waals surface area contributed by atoms with Gasteiger partial charge in [0.2, 0.25) is 0 Å². The van der Waals surface area contributed by atoms with Gasteiger partial charge in [0.25, 0.3) is 0 Å². The largest absolute Gasteiger partial charge is 0.372 e. The highest BCUT2D eigenvalue weighted by Crippen LogP contribution is 2.61. The summed E-state index contributed by atoms with van der Waals surface area (Å²) in [4.78, 5) is 4.30. The van der Waals surface area contributed by atoms with Crippen molar-refractivity contribution in [3.63, 3.8) is 0 Å². The molecular weight excluding hydrogens is 196 g/mol. The number of hydrogen-bond acceptors (Lipinski definition) is 2. The molecule has 2 aliphatic carbocycles. The van der Waals surface area contributed by atoms with Gasteiger partial charge in [-0.05, 0) is 41.7 Å². The monoisotopic (exact) mass is 212 g/mol. The van der Waals surface area contributed by atoms with Crippen LogP contribution in [0.25, 0.3) is 0 Å². The number of benzene rings is 1. The normalized spacial score (nSPS) is 38.8. The molecule has 0 amide bonds. The average Bonchev–Trinajstić information content (AvgIpc) is 2.83. The molecule has 4 atom stereocenters. The first kappa shape index (κ1) is 8.80. The molecule has 1 aromatic carbocycles. The average molecular weight is 212 g/mol. The molecule has 1 fully saturated rings. The lowest BCUT2D eigenvalue weighted by atomic mass is 9.92. The van der Waals surface area contributed by atoms with E-state index in [1.54, 1.807) is 11.1 Å². The summed E-state index contributed by atoms with van der Waals surface area (Å²) >= 11 is 0. The standard InChI is InChI=1S/C14H16N2/c1-2-4-10-9(3-1)5-6-11-13(10)14(11)12-7-15-8-16-12/h1-4,8,11-14H,5-7H2,(H,15,16)/t11-,12+,13+,14-/m1/s1. The van der Waals surface area contributed by atoms with Crippen LogP contribution in [0.4, 0.5) is 0 Å². The fourth-order valence-corrected chi connectivity index (χ4v) is 3.77. The van der Waals surface area contributed by atoms with Gasteiger partial charge < -0.3 is 5.32 Å². The summed E-state index contributed by atoms with van der Waals surface area (Å²) in [6.07, 6.45) is 4.55. The second-order valence-corrected chi connectivity index (χ2v) is 5.27. The molecule has 1 aromatic rings. The zero-order chi connectivity index (χ0) is 10.5. The third-order valence-corrected chi connectivity index (χ3v) is 4.54. The highest BCUT2D eigenvalue weighted by molar-refractivity contribution is 5.58. The minimum atomic E-state index is 0.612. The van der Waals surface area contributed by atoms with E-state index in [1.807, 2.05) is 6.34 Å². The van der Waals surface area contributed by atoms with Gasteiger partial charge >= 0.3 is 0 Å². The Morgan fingerprint density at radius 1 is 1.25 bits per heavy atom. The number of aryl methyl sites for hydroxylation is 1. The lowest BCUT2D eigenvalue weighted by Crippen LogP contribution is -2.28. The Kier molecular flexibility index (Phi) is 1.70. The molecule has 0 unspecified atom stereocenters. The number of aliphatic imine (C=N–C) groups is 1. The molecule has 4 rings (SSSR count). The van der Waals surface area contributed by atoms with E-state index in [2.05, 4.69) is 34.6 Å². The van der Waals surface area contributed by atoms with Crippen LogP contribution in [0.1, 0.15) is 23.5 Å². The van der Waals surface area contributed by atoms with Crippen molar-refractivity contribution >= 4 is 6.34 Å². The van der Waals surface area contributed by atoms with Gasteiger partial charge in [0, 0.05) is 0 Å². The molecule has 0 bridgehead atoms. The topological polar surface area (TPSA) is 24.4 Å². The zero-order valence-electron chi connectivity index (χ0n) is 9.26. The van der Waals surface area contributed by atoms with E-state index in [0.29, 0.717) is 6.04 Å². The first-order valence-corrected chi connectivity index (χ1v) is 6.27. The first-order valence-electron chi connectivity index (χ1n) is 6.27. The Bertz CT molecular complexity index is 444. The smallest absolute Gasteiger partial charge is 0.0827 e. The molecule has 1 N–H and O–H groups in total. The summed E-state index contributed by atoms with van der Waals surface area (Å²) in [5.41, 5.74) is 3.21. The molecule has 0 radical (unpaired) electrons. The third-order valence-electron chi connectivity index (χ3n) is 4.54. The van der Waals surface area contributed by atoms with Crippen molar-refractivity contribution < 1.29 is 0 Å². The van der Waals surface area contributed by atoms with Crippen molar-refractivity contribution in [3.05, 3.63) is 35.4 Å². The van der Waals surface area contributed by atoms with Crippen molar-refractivity contribution in [3.8, 4) is 0 Å². The van der Waals surface area contributed by atoms with Crippen LogP contribution < -0.4 is 5.32 Å². The molecule has 2 heteroatoms. The van der Waals surface area contributed by atoms with Gasteiger partial charge in [0.05, 0.1) is 18.9 Å². The van der Waals surface area contributed by atoms with E-state index in [4.69, 9.17) is 0 Å². The highest BCUT2D eigenvalue weighted by atomic mass is 15.1. The Balaban J connectivity index is 1.65. The minimum Gasteiger partial charge on any atom is -0.372 e. The summed E-state index contributed by atoms with van der Waals surface area (Å²) < 4.78 is 0. The van der Waals surface area contributed by atoms with Crippen LogP contribution in [-0.4, -0.2) is 18.9 Å². The van der Waals surface area contributed by atoms with Crippen LogP contribution in [0.15, 0.2) is 29.3 Å². The molecule has 3 aliphatic rings. The summed E-state index contributed by atoms with van der Waals surface area (Å²) in [5.74, 6) is 2.59. The highest BCUT2D eigenvalue weighted by Gasteiger charge is 2.56. The predicted molar refractivity (Wildman–Crippen MR) is 64.8 cm³/mol. The maximum atomic E-state index is 4.30. The van der Waals surface area contributed by atoms with Gasteiger partial charge in [-0.15, -0.1) is 0 Å². The van der Waals surface area contributed by atoms with Gasteiger partial charge in [-0.25, -0.2) is 0 Å². The minimum absolute atomic E-state index is 0.612. The number of nitrogens with one attached hydrogen (secondary N) is 1. The van der Waals surface area contributed by atoms with E-state index in [1.165, 1.54) is 12.8 Å². The number of rotatable bonds is 1. The van der Waals surface area contributed by atoms with Crippen molar-refractivity contribution in [1.29, 1.82) is 0 Å². The first-order chi connectivity index (χ1) is 7.95. The van der Waals surface area contributed by atoms with Gasteiger partial charge in [0.15, 0.2) is 0 Å². The lowest BCUT2D eigenvalue weighted by Gasteiger charge is -2.13. The maximum absolute atomic E-state index is 4.30. The summed E-state index contributed by atoms with van der Waals surface area (Å²) in [6, 6.07) is 9.62. The van der Waals surface area contributed by atoms with Gasteiger partial charge in [-0.2, -0.15) is 0 Å². The molecule has 1 heterocycles. The molecule has 0 spiro atoms. The van der Waals surface area contributed by atoms with Gasteiger partial charge in [-0.3, -0.25) is 4.99 Å². The van der Waals surface area contributed by atoms with Crippen molar-refractivity contribution in [1.82, 2.24) is 5.32 Å².